The van der Waals surface area contributed by atoms with Gasteiger partial charge in [0, 0.05) is 6.04 Å². The molecular weight excluding hydrogens is 224 g/mol. The minimum Gasteiger partial charge on any atom is -0.317 e. The van der Waals surface area contributed by atoms with Crippen LogP contribution in [0.15, 0.2) is 0 Å². The van der Waals surface area contributed by atoms with Crippen molar-refractivity contribution in [2.75, 3.05) is 13.1 Å². The Labute approximate surface area is 98.2 Å². The Morgan fingerprint density at radius 1 is 1.25 bits per heavy atom. The zero-order valence-corrected chi connectivity index (χ0v) is 10.7. The van der Waals surface area contributed by atoms with Crippen LogP contribution in [0.1, 0.15) is 39.0 Å². The molecule has 0 radical (unpaired) electrons. The van der Waals surface area contributed by atoms with Crippen LogP contribution in [-0.2, 0) is 10.0 Å². The molecule has 0 spiro atoms. The number of nitrogens with one attached hydrogen (secondary N) is 2. The second-order valence-electron chi connectivity index (χ2n) is 5.19. The zero-order valence-electron chi connectivity index (χ0n) is 9.91. The van der Waals surface area contributed by atoms with Crippen LogP contribution in [0, 0.1) is 5.92 Å². The maximum absolute atomic E-state index is 12.1. The highest BCUT2D eigenvalue weighted by Gasteiger charge is 2.30. The third-order valence-corrected chi connectivity index (χ3v) is 5.55. The third-order valence-electron chi connectivity index (χ3n) is 3.47. The summed E-state index contributed by atoms with van der Waals surface area (Å²) in [6, 6.07) is 0.104. The van der Waals surface area contributed by atoms with Crippen LogP contribution < -0.4 is 10.0 Å². The maximum Gasteiger partial charge on any atom is 0.214 e. The summed E-state index contributed by atoms with van der Waals surface area (Å²) in [6.45, 7) is 3.63. The van der Waals surface area contributed by atoms with E-state index in [1.807, 2.05) is 6.92 Å². The van der Waals surface area contributed by atoms with Crippen molar-refractivity contribution in [1.29, 1.82) is 0 Å². The normalized spacial score (nSPS) is 25.6. The summed E-state index contributed by atoms with van der Waals surface area (Å²) in [5.74, 6) is 0.769. The smallest absolute Gasteiger partial charge is 0.214 e. The van der Waals surface area contributed by atoms with Crippen LogP contribution in [0.2, 0.25) is 0 Å². The van der Waals surface area contributed by atoms with Crippen LogP contribution in [0.3, 0.4) is 0 Å². The molecule has 0 amide bonds. The van der Waals surface area contributed by atoms with E-state index in [9.17, 15) is 8.42 Å². The predicted molar refractivity (Wildman–Crippen MR) is 64.8 cm³/mol. The van der Waals surface area contributed by atoms with Crippen molar-refractivity contribution < 1.29 is 8.42 Å². The van der Waals surface area contributed by atoms with Crippen molar-refractivity contribution >= 4 is 10.0 Å². The molecule has 5 heteroatoms. The Hall–Kier alpha value is -0.130. The summed E-state index contributed by atoms with van der Waals surface area (Å²) in [6.07, 6.45) is 5.04. The molecule has 1 heterocycles. The Bertz CT molecular complexity index is 319. The summed E-state index contributed by atoms with van der Waals surface area (Å²) < 4.78 is 27.0. The average molecular weight is 246 g/mol. The highest BCUT2D eigenvalue weighted by Crippen LogP contribution is 2.33. The lowest BCUT2D eigenvalue weighted by Crippen LogP contribution is -2.44. The van der Waals surface area contributed by atoms with E-state index in [0.717, 1.165) is 38.3 Å². The standard InChI is InChI=1S/C11H22N2O2S/c1-9(8-10-2-3-10)13-16(14,15)11-4-6-12-7-5-11/h9-13H,2-8H2,1H3. The van der Waals surface area contributed by atoms with Crippen LogP contribution >= 0.6 is 0 Å². The first kappa shape index (κ1) is 12.3. The molecule has 94 valence electrons. The van der Waals surface area contributed by atoms with Crippen LogP contribution in [0.4, 0.5) is 0 Å². The van der Waals surface area contributed by atoms with E-state index in [1.165, 1.54) is 12.8 Å². The first-order valence-corrected chi connectivity index (χ1v) is 7.84. The molecule has 0 aromatic rings. The van der Waals surface area contributed by atoms with Gasteiger partial charge >= 0.3 is 0 Å². The van der Waals surface area contributed by atoms with Gasteiger partial charge in [0.25, 0.3) is 0 Å². The van der Waals surface area contributed by atoms with Crippen molar-refractivity contribution in [3.8, 4) is 0 Å². The van der Waals surface area contributed by atoms with E-state index in [2.05, 4.69) is 10.0 Å². The molecule has 2 aliphatic rings. The fourth-order valence-electron chi connectivity index (χ4n) is 2.38. The molecule has 1 aliphatic heterocycles. The molecule has 1 saturated carbocycles. The van der Waals surface area contributed by atoms with Crippen LogP contribution in [0.5, 0.6) is 0 Å². The van der Waals surface area contributed by atoms with E-state index in [-0.39, 0.29) is 11.3 Å². The minimum atomic E-state index is -3.09. The lowest BCUT2D eigenvalue weighted by Gasteiger charge is -2.24. The second-order valence-corrected chi connectivity index (χ2v) is 7.18. The molecule has 2 fully saturated rings. The van der Waals surface area contributed by atoms with Crippen LogP contribution in [0.25, 0.3) is 0 Å². The van der Waals surface area contributed by atoms with E-state index >= 15 is 0 Å². The highest BCUT2D eigenvalue weighted by atomic mass is 32.2. The van der Waals surface area contributed by atoms with E-state index < -0.39 is 10.0 Å². The SMILES string of the molecule is CC(CC1CC1)NS(=O)(=O)C1CCNCC1. The van der Waals surface area contributed by atoms with E-state index in [0.29, 0.717) is 0 Å². The van der Waals surface area contributed by atoms with Gasteiger partial charge in [-0.2, -0.15) is 0 Å². The molecule has 1 unspecified atom stereocenters. The van der Waals surface area contributed by atoms with Gasteiger partial charge in [0.15, 0.2) is 0 Å². The van der Waals surface area contributed by atoms with Crippen LogP contribution in [-0.4, -0.2) is 32.8 Å². The number of rotatable bonds is 5. The van der Waals surface area contributed by atoms with Crippen molar-refractivity contribution in [2.45, 2.75) is 50.3 Å². The Kier molecular flexibility index (Phi) is 3.87. The van der Waals surface area contributed by atoms with E-state index in [4.69, 9.17) is 0 Å². The molecule has 0 aromatic heterocycles. The molecule has 1 atom stereocenters. The quantitative estimate of drug-likeness (QED) is 0.756. The molecular formula is C11H22N2O2S. The molecule has 1 aliphatic carbocycles. The summed E-state index contributed by atoms with van der Waals surface area (Å²) in [4.78, 5) is 0. The fraction of sp³-hybridized carbons (Fsp3) is 1.00. The lowest BCUT2D eigenvalue weighted by atomic mass is 10.2. The zero-order chi connectivity index (χ0) is 11.6. The topological polar surface area (TPSA) is 58.2 Å². The van der Waals surface area contributed by atoms with Gasteiger partial charge in [-0.1, -0.05) is 12.8 Å². The second kappa shape index (κ2) is 5.02. The van der Waals surface area contributed by atoms with Gasteiger partial charge in [0.1, 0.15) is 0 Å². The van der Waals surface area contributed by atoms with Gasteiger partial charge < -0.3 is 5.32 Å². The third kappa shape index (κ3) is 3.43. The molecule has 1 saturated heterocycles. The molecule has 0 aromatic carbocycles. The molecule has 2 N–H and O–H groups in total. The Morgan fingerprint density at radius 3 is 2.44 bits per heavy atom. The first-order chi connectivity index (χ1) is 7.58. The van der Waals surface area contributed by atoms with Crippen molar-refractivity contribution in [3.05, 3.63) is 0 Å². The van der Waals surface area contributed by atoms with Gasteiger partial charge in [-0.25, -0.2) is 13.1 Å². The molecule has 2 rings (SSSR count). The summed E-state index contributed by atoms with van der Waals surface area (Å²) >= 11 is 0. The molecule has 0 bridgehead atoms. The number of sulfonamides is 1. The summed E-state index contributed by atoms with van der Waals surface area (Å²) in [7, 11) is -3.09. The number of hydrogen-bond acceptors (Lipinski definition) is 3. The van der Waals surface area contributed by atoms with Gasteiger partial charge in [0.2, 0.25) is 10.0 Å². The highest BCUT2D eigenvalue weighted by molar-refractivity contribution is 7.90. The monoisotopic (exact) mass is 246 g/mol. The van der Waals surface area contributed by atoms with Gasteiger partial charge in [-0.15, -0.1) is 0 Å². The number of piperidine rings is 1. The van der Waals surface area contributed by atoms with Gasteiger partial charge in [-0.3, -0.25) is 0 Å². The summed E-state index contributed by atoms with van der Waals surface area (Å²) in [5, 5.41) is 3.01. The number of hydrogen-bond donors (Lipinski definition) is 2. The Balaban J connectivity index is 1.84. The maximum atomic E-state index is 12.1. The van der Waals surface area contributed by atoms with E-state index in [1.54, 1.807) is 0 Å². The molecule has 16 heavy (non-hydrogen) atoms. The largest absolute Gasteiger partial charge is 0.317 e. The summed E-state index contributed by atoms with van der Waals surface area (Å²) in [5.41, 5.74) is 0. The predicted octanol–water partition coefficient (Wildman–Crippen LogP) is 0.846. The van der Waals surface area contributed by atoms with Crippen molar-refractivity contribution in [3.63, 3.8) is 0 Å². The van der Waals surface area contributed by atoms with Gasteiger partial charge in [-0.05, 0) is 45.2 Å². The minimum absolute atomic E-state index is 0.104. The molecule has 4 nitrogen and oxygen atoms in total. The van der Waals surface area contributed by atoms with Gasteiger partial charge in [0.05, 0.1) is 5.25 Å². The average Bonchev–Trinajstić information content (AvgIpc) is 3.02. The fourth-order valence-corrected chi connectivity index (χ4v) is 4.09. The van der Waals surface area contributed by atoms with Crippen molar-refractivity contribution in [2.24, 2.45) is 5.92 Å². The first-order valence-electron chi connectivity index (χ1n) is 6.30. The Morgan fingerprint density at radius 2 is 1.88 bits per heavy atom. The van der Waals surface area contributed by atoms with Crippen molar-refractivity contribution in [1.82, 2.24) is 10.0 Å². The lowest BCUT2D eigenvalue weighted by molar-refractivity contribution is 0.475.